The first kappa shape index (κ1) is 14.4. The van der Waals surface area contributed by atoms with Crippen LogP contribution in [0.4, 0.5) is 6.01 Å². The topological polar surface area (TPSA) is 44.5 Å². The number of benzene rings is 1. The summed E-state index contributed by atoms with van der Waals surface area (Å²) in [5.41, 5.74) is 1.74. The van der Waals surface area contributed by atoms with Gasteiger partial charge in [-0.3, -0.25) is 4.90 Å². The number of nitrogens with zero attached hydrogens (tertiary/aromatic N) is 3. The van der Waals surface area contributed by atoms with Crippen LogP contribution in [0, 0.1) is 0 Å². The fourth-order valence-electron chi connectivity index (χ4n) is 2.83. The van der Waals surface area contributed by atoms with Gasteiger partial charge in [0.05, 0.1) is 0 Å². The maximum Gasteiger partial charge on any atom is 0.295 e. The average Bonchev–Trinajstić information content (AvgIpc) is 2.95. The predicted octanol–water partition coefficient (Wildman–Crippen LogP) is 2.27. The second-order valence-electron chi connectivity index (χ2n) is 5.69. The summed E-state index contributed by atoms with van der Waals surface area (Å²) in [6.45, 7) is 11.1. The van der Waals surface area contributed by atoms with Crippen LogP contribution in [-0.4, -0.2) is 60.1 Å². The first-order valence-corrected chi connectivity index (χ1v) is 7.82. The van der Waals surface area contributed by atoms with Crippen LogP contribution in [0.5, 0.6) is 0 Å². The molecular formula is C16H24N4O. The third-order valence-corrected chi connectivity index (χ3v) is 4.32. The molecule has 114 valence electrons. The Morgan fingerprint density at radius 2 is 2.00 bits per heavy atom. The van der Waals surface area contributed by atoms with Gasteiger partial charge in [-0.2, -0.15) is 4.98 Å². The lowest BCUT2D eigenvalue weighted by Gasteiger charge is -2.37. The third-order valence-electron chi connectivity index (χ3n) is 4.32. The molecule has 1 N–H and O–H groups in total. The van der Waals surface area contributed by atoms with Crippen LogP contribution in [0.3, 0.4) is 0 Å². The van der Waals surface area contributed by atoms with Crippen molar-refractivity contribution in [3.8, 4) is 0 Å². The lowest BCUT2D eigenvalue weighted by molar-refractivity contribution is 0.110. The van der Waals surface area contributed by atoms with E-state index < -0.39 is 0 Å². The summed E-state index contributed by atoms with van der Waals surface area (Å²) in [6.07, 6.45) is 0. The minimum Gasteiger partial charge on any atom is -0.424 e. The van der Waals surface area contributed by atoms with E-state index in [9.17, 15) is 0 Å². The molecule has 0 saturated carbocycles. The van der Waals surface area contributed by atoms with Crippen molar-refractivity contribution < 1.29 is 4.42 Å². The number of likely N-dealkylation sites (N-methyl/N-ethyl adjacent to an activating group) is 1. The zero-order chi connectivity index (χ0) is 14.7. The average molecular weight is 288 g/mol. The molecule has 1 aromatic heterocycles. The normalized spacial score (nSPS) is 19.0. The standard InChI is InChI=1S/C16H24N4O/c1-3-19-8-10-20(11-9-19)13(2)12-17-16-18-14-6-4-5-7-15(14)21-16/h4-7,13H,3,8-12H2,1-2H3,(H,17,18)/t13-/m1/s1. The van der Waals surface area contributed by atoms with Crippen molar-refractivity contribution in [2.45, 2.75) is 19.9 Å². The lowest BCUT2D eigenvalue weighted by atomic mass is 10.2. The number of rotatable bonds is 5. The van der Waals surface area contributed by atoms with Gasteiger partial charge < -0.3 is 14.6 Å². The molecule has 3 rings (SSSR count). The van der Waals surface area contributed by atoms with E-state index in [1.165, 1.54) is 13.1 Å². The van der Waals surface area contributed by atoms with E-state index >= 15 is 0 Å². The molecule has 1 saturated heterocycles. The number of fused-ring (bicyclic) bond motifs is 1. The summed E-state index contributed by atoms with van der Waals surface area (Å²) in [5.74, 6) is 0. The van der Waals surface area contributed by atoms with Gasteiger partial charge in [0, 0.05) is 38.8 Å². The summed E-state index contributed by atoms with van der Waals surface area (Å²) in [5, 5.41) is 3.32. The van der Waals surface area contributed by atoms with Crippen molar-refractivity contribution in [2.75, 3.05) is 44.6 Å². The van der Waals surface area contributed by atoms with E-state index in [0.29, 0.717) is 12.1 Å². The van der Waals surface area contributed by atoms with Crippen LogP contribution < -0.4 is 5.32 Å². The van der Waals surface area contributed by atoms with E-state index in [2.05, 4.69) is 33.9 Å². The minimum absolute atomic E-state index is 0.485. The summed E-state index contributed by atoms with van der Waals surface area (Å²) in [6, 6.07) is 8.96. The molecule has 21 heavy (non-hydrogen) atoms. The summed E-state index contributed by atoms with van der Waals surface area (Å²) < 4.78 is 5.69. The van der Waals surface area contributed by atoms with Crippen molar-refractivity contribution in [3.05, 3.63) is 24.3 Å². The third kappa shape index (κ3) is 3.36. The van der Waals surface area contributed by atoms with Crippen LogP contribution >= 0.6 is 0 Å². The molecule has 1 aliphatic heterocycles. The SMILES string of the molecule is CCN1CCN([C@H](C)CNc2nc3ccccc3o2)CC1. The Bertz CT molecular complexity index is 541. The second kappa shape index (κ2) is 6.45. The Morgan fingerprint density at radius 3 is 2.71 bits per heavy atom. The largest absolute Gasteiger partial charge is 0.424 e. The number of aromatic nitrogens is 1. The quantitative estimate of drug-likeness (QED) is 0.914. The Kier molecular flexibility index (Phi) is 4.41. The Hall–Kier alpha value is -1.59. The molecule has 1 aliphatic rings. The molecule has 0 spiro atoms. The van der Waals surface area contributed by atoms with Crippen molar-refractivity contribution in [3.63, 3.8) is 0 Å². The number of oxazole rings is 1. The molecular weight excluding hydrogens is 264 g/mol. The van der Waals surface area contributed by atoms with Crippen molar-refractivity contribution in [2.24, 2.45) is 0 Å². The molecule has 0 radical (unpaired) electrons. The van der Waals surface area contributed by atoms with Gasteiger partial charge in [0.1, 0.15) is 5.52 Å². The minimum atomic E-state index is 0.485. The number of piperazine rings is 1. The monoisotopic (exact) mass is 288 g/mol. The fraction of sp³-hybridized carbons (Fsp3) is 0.562. The fourth-order valence-corrected chi connectivity index (χ4v) is 2.83. The van der Waals surface area contributed by atoms with Gasteiger partial charge in [0.2, 0.25) is 0 Å². The van der Waals surface area contributed by atoms with E-state index in [0.717, 1.165) is 37.3 Å². The molecule has 5 nitrogen and oxygen atoms in total. The second-order valence-corrected chi connectivity index (χ2v) is 5.69. The van der Waals surface area contributed by atoms with Crippen LogP contribution in [-0.2, 0) is 0 Å². The number of hydrogen-bond donors (Lipinski definition) is 1. The van der Waals surface area contributed by atoms with Crippen molar-refractivity contribution in [1.82, 2.24) is 14.8 Å². The molecule has 0 amide bonds. The first-order valence-electron chi connectivity index (χ1n) is 7.82. The number of nitrogens with one attached hydrogen (secondary N) is 1. The molecule has 1 atom stereocenters. The highest BCUT2D eigenvalue weighted by molar-refractivity contribution is 5.74. The number of hydrogen-bond acceptors (Lipinski definition) is 5. The maximum absolute atomic E-state index is 5.69. The first-order chi connectivity index (χ1) is 10.3. The van der Waals surface area contributed by atoms with Gasteiger partial charge >= 0.3 is 0 Å². The van der Waals surface area contributed by atoms with Crippen molar-refractivity contribution >= 4 is 17.1 Å². The van der Waals surface area contributed by atoms with Crippen LogP contribution in [0.25, 0.3) is 11.1 Å². The Balaban J connectivity index is 1.52. The summed E-state index contributed by atoms with van der Waals surface area (Å²) in [7, 11) is 0. The maximum atomic E-state index is 5.69. The molecule has 5 heteroatoms. The van der Waals surface area contributed by atoms with Gasteiger partial charge in [0.25, 0.3) is 6.01 Å². The molecule has 0 unspecified atom stereocenters. The summed E-state index contributed by atoms with van der Waals surface area (Å²) in [4.78, 5) is 9.48. The predicted molar refractivity (Wildman–Crippen MR) is 85.6 cm³/mol. The zero-order valence-corrected chi connectivity index (χ0v) is 12.9. The van der Waals surface area contributed by atoms with Crippen molar-refractivity contribution in [1.29, 1.82) is 0 Å². The highest BCUT2D eigenvalue weighted by Crippen LogP contribution is 2.18. The molecule has 0 bridgehead atoms. The highest BCUT2D eigenvalue weighted by Gasteiger charge is 2.20. The molecule has 1 aromatic carbocycles. The number of anilines is 1. The molecule has 1 fully saturated rings. The van der Waals surface area contributed by atoms with Gasteiger partial charge in [0.15, 0.2) is 5.58 Å². The zero-order valence-electron chi connectivity index (χ0n) is 12.9. The van der Waals surface area contributed by atoms with E-state index in [1.54, 1.807) is 0 Å². The van der Waals surface area contributed by atoms with Gasteiger partial charge in [-0.25, -0.2) is 0 Å². The van der Waals surface area contributed by atoms with Gasteiger partial charge in [-0.05, 0) is 25.6 Å². The number of para-hydroxylation sites is 2. The Morgan fingerprint density at radius 1 is 1.24 bits per heavy atom. The van der Waals surface area contributed by atoms with Crippen LogP contribution in [0.1, 0.15) is 13.8 Å². The Labute approximate surface area is 125 Å². The smallest absolute Gasteiger partial charge is 0.295 e. The van der Waals surface area contributed by atoms with Crippen LogP contribution in [0.15, 0.2) is 28.7 Å². The lowest BCUT2D eigenvalue weighted by Crippen LogP contribution is -2.51. The molecule has 2 heterocycles. The molecule has 2 aromatic rings. The van der Waals surface area contributed by atoms with Gasteiger partial charge in [-0.1, -0.05) is 19.1 Å². The molecule has 0 aliphatic carbocycles. The highest BCUT2D eigenvalue weighted by atomic mass is 16.4. The van der Waals surface area contributed by atoms with E-state index in [-0.39, 0.29) is 0 Å². The van der Waals surface area contributed by atoms with E-state index in [4.69, 9.17) is 4.42 Å². The van der Waals surface area contributed by atoms with E-state index in [1.807, 2.05) is 24.3 Å². The van der Waals surface area contributed by atoms with Gasteiger partial charge in [-0.15, -0.1) is 0 Å². The van der Waals surface area contributed by atoms with Crippen LogP contribution in [0.2, 0.25) is 0 Å². The summed E-state index contributed by atoms with van der Waals surface area (Å²) >= 11 is 0.